The summed E-state index contributed by atoms with van der Waals surface area (Å²) in [5, 5.41) is 6.85. The Morgan fingerprint density at radius 2 is 1.81 bits per heavy atom. The van der Waals surface area contributed by atoms with Crippen molar-refractivity contribution >= 4 is 28.3 Å². The molecule has 0 saturated heterocycles. The van der Waals surface area contributed by atoms with E-state index in [9.17, 15) is 4.79 Å². The highest BCUT2D eigenvalue weighted by molar-refractivity contribution is 6.10. The minimum Gasteiger partial charge on any atom is -0.353 e. The zero-order valence-corrected chi connectivity index (χ0v) is 15.0. The van der Waals surface area contributed by atoms with Crippen LogP contribution in [0, 0.1) is 0 Å². The van der Waals surface area contributed by atoms with Crippen molar-refractivity contribution in [3.63, 3.8) is 0 Å². The van der Waals surface area contributed by atoms with E-state index < -0.39 is 0 Å². The van der Waals surface area contributed by atoms with Crippen molar-refractivity contribution in [3.05, 3.63) is 78.6 Å². The van der Waals surface area contributed by atoms with Crippen LogP contribution in [0.25, 0.3) is 22.2 Å². The maximum atomic E-state index is 12.6. The van der Waals surface area contributed by atoms with Crippen molar-refractivity contribution in [3.8, 4) is 11.3 Å². The number of nitrogens with zero attached hydrogens (tertiary/aromatic N) is 1. The van der Waals surface area contributed by atoms with Gasteiger partial charge in [-0.1, -0.05) is 37.3 Å². The summed E-state index contributed by atoms with van der Waals surface area (Å²) in [5.41, 5.74) is 5.43. The van der Waals surface area contributed by atoms with Gasteiger partial charge < -0.3 is 15.6 Å². The van der Waals surface area contributed by atoms with Crippen LogP contribution in [0.15, 0.2) is 73.1 Å². The van der Waals surface area contributed by atoms with Gasteiger partial charge in [0.1, 0.15) is 0 Å². The van der Waals surface area contributed by atoms with Gasteiger partial charge >= 0.3 is 6.03 Å². The van der Waals surface area contributed by atoms with Crippen molar-refractivity contribution < 1.29 is 4.79 Å². The highest BCUT2D eigenvalue weighted by Gasteiger charge is 2.15. The molecule has 2 aromatic heterocycles. The van der Waals surface area contributed by atoms with Crippen LogP contribution in [-0.2, 0) is 6.42 Å². The molecule has 0 unspecified atom stereocenters. The second-order valence-electron chi connectivity index (χ2n) is 6.29. The molecule has 0 fully saturated rings. The number of benzene rings is 2. The molecule has 0 spiro atoms. The summed E-state index contributed by atoms with van der Waals surface area (Å²) in [6.45, 7) is 2.10. The van der Waals surface area contributed by atoms with Gasteiger partial charge in [0.2, 0.25) is 0 Å². The number of rotatable bonds is 4. The summed E-state index contributed by atoms with van der Waals surface area (Å²) >= 11 is 0. The third-order valence-corrected chi connectivity index (χ3v) is 4.51. The fourth-order valence-corrected chi connectivity index (χ4v) is 3.10. The molecule has 0 aliphatic rings. The molecule has 0 aliphatic carbocycles. The minimum atomic E-state index is -0.283. The average molecular weight is 356 g/mol. The molecule has 0 radical (unpaired) electrons. The predicted octanol–water partition coefficient (Wildman–Crippen LogP) is 5.44. The molecule has 4 rings (SSSR count). The summed E-state index contributed by atoms with van der Waals surface area (Å²) in [4.78, 5) is 20.2. The van der Waals surface area contributed by atoms with Crippen LogP contribution in [-0.4, -0.2) is 16.0 Å². The van der Waals surface area contributed by atoms with E-state index in [1.54, 1.807) is 12.4 Å². The SMILES string of the molecule is CCc1ccc(NC(=O)Nc2c(-c3cccnc3)[nH]c3ccccc23)cc1. The van der Waals surface area contributed by atoms with Gasteiger partial charge in [0.05, 0.1) is 11.4 Å². The number of hydrogen-bond donors (Lipinski definition) is 3. The molecule has 2 heterocycles. The number of urea groups is 1. The lowest BCUT2D eigenvalue weighted by molar-refractivity contribution is 0.262. The molecule has 0 saturated carbocycles. The number of anilines is 2. The molecule has 0 bridgehead atoms. The number of hydrogen-bond acceptors (Lipinski definition) is 2. The maximum absolute atomic E-state index is 12.6. The lowest BCUT2D eigenvalue weighted by Crippen LogP contribution is -2.19. The number of carbonyl (C=O) groups is 1. The molecular weight excluding hydrogens is 336 g/mol. The number of nitrogens with one attached hydrogen (secondary N) is 3. The third kappa shape index (κ3) is 3.53. The van der Waals surface area contributed by atoms with Gasteiger partial charge in [-0.3, -0.25) is 4.98 Å². The van der Waals surface area contributed by atoms with Gasteiger partial charge in [0.25, 0.3) is 0 Å². The number of H-pyrrole nitrogens is 1. The van der Waals surface area contributed by atoms with Crippen LogP contribution < -0.4 is 10.6 Å². The van der Waals surface area contributed by atoms with Gasteiger partial charge in [-0.2, -0.15) is 0 Å². The van der Waals surface area contributed by atoms with E-state index in [0.29, 0.717) is 0 Å². The van der Waals surface area contributed by atoms with Crippen molar-refractivity contribution in [2.24, 2.45) is 0 Å². The molecule has 134 valence electrons. The normalized spacial score (nSPS) is 10.7. The number of para-hydroxylation sites is 1. The molecule has 5 heteroatoms. The van der Waals surface area contributed by atoms with E-state index in [0.717, 1.165) is 40.0 Å². The number of aryl methyl sites for hydroxylation is 1. The number of carbonyl (C=O) groups excluding carboxylic acids is 1. The smallest absolute Gasteiger partial charge is 0.323 e. The summed E-state index contributed by atoms with van der Waals surface area (Å²) in [6.07, 6.45) is 4.47. The quantitative estimate of drug-likeness (QED) is 0.456. The summed E-state index contributed by atoms with van der Waals surface area (Å²) in [6, 6.07) is 19.3. The second-order valence-corrected chi connectivity index (χ2v) is 6.29. The first kappa shape index (κ1) is 16.8. The second kappa shape index (κ2) is 7.33. The van der Waals surface area contributed by atoms with Crippen LogP contribution >= 0.6 is 0 Å². The third-order valence-electron chi connectivity index (χ3n) is 4.51. The summed E-state index contributed by atoms with van der Waals surface area (Å²) < 4.78 is 0. The lowest BCUT2D eigenvalue weighted by atomic mass is 10.1. The predicted molar refractivity (Wildman–Crippen MR) is 110 cm³/mol. The Kier molecular flexibility index (Phi) is 4.58. The maximum Gasteiger partial charge on any atom is 0.323 e. The lowest BCUT2D eigenvalue weighted by Gasteiger charge is -2.10. The van der Waals surface area contributed by atoms with Gasteiger partial charge in [0, 0.05) is 34.5 Å². The molecule has 27 heavy (non-hydrogen) atoms. The number of amides is 2. The fourth-order valence-electron chi connectivity index (χ4n) is 3.10. The van der Waals surface area contributed by atoms with Crippen molar-refractivity contribution in [2.75, 3.05) is 10.6 Å². The van der Waals surface area contributed by atoms with Gasteiger partial charge in [0.15, 0.2) is 0 Å². The molecule has 0 aliphatic heterocycles. The van der Waals surface area contributed by atoms with Gasteiger partial charge in [-0.15, -0.1) is 0 Å². The van der Waals surface area contributed by atoms with E-state index in [1.165, 1.54) is 5.56 Å². The zero-order chi connectivity index (χ0) is 18.6. The first-order chi connectivity index (χ1) is 13.2. The van der Waals surface area contributed by atoms with Crippen molar-refractivity contribution in [1.29, 1.82) is 0 Å². The Hall–Kier alpha value is -3.60. The zero-order valence-electron chi connectivity index (χ0n) is 15.0. The number of aromatic nitrogens is 2. The van der Waals surface area contributed by atoms with Crippen molar-refractivity contribution in [1.82, 2.24) is 9.97 Å². The van der Waals surface area contributed by atoms with Crippen LogP contribution in [0.5, 0.6) is 0 Å². The standard InChI is InChI=1S/C22H20N4O/c1-2-15-9-11-17(12-10-15)24-22(27)26-21-18-7-3-4-8-19(18)25-20(21)16-6-5-13-23-14-16/h3-14,25H,2H2,1H3,(H2,24,26,27). The van der Waals surface area contributed by atoms with E-state index >= 15 is 0 Å². The molecule has 0 atom stereocenters. The minimum absolute atomic E-state index is 0.283. The van der Waals surface area contributed by atoms with Gasteiger partial charge in [-0.25, -0.2) is 4.79 Å². The van der Waals surface area contributed by atoms with Crippen molar-refractivity contribution in [2.45, 2.75) is 13.3 Å². The summed E-state index contributed by atoms with van der Waals surface area (Å²) in [7, 11) is 0. The number of pyridine rings is 1. The van der Waals surface area contributed by atoms with E-state index in [2.05, 4.69) is 27.5 Å². The van der Waals surface area contributed by atoms with Crippen LogP contribution in [0.2, 0.25) is 0 Å². The molecular formula is C22H20N4O. The molecule has 4 aromatic rings. The van der Waals surface area contributed by atoms with E-state index in [4.69, 9.17) is 0 Å². The van der Waals surface area contributed by atoms with E-state index in [-0.39, 0.29) is 6.03 Å². The molecule has 3 N–H and O–H groups in total. The first-order valence-corrected chi connectivity index (χ1v) is 8.92. The van der Waals surface area contributed by atoms with E-state index in [1.807, 2.05) is 60.7 Å². The largest absolute Gasteiger partial charge is 0.353 e. The Bertz CT molecular complexity index is 1070. The number of fused-ring (bicyclic) bond motifs is 1. The summed E-state index contributed by atoms with van der Waals surface area (Å²) in [5.74, 6) is 0. The molecule has 2 amide bonds. The Labute approximate surface area is 157 Å². The fraction of sp³-hybridized carbons (Fsp3) is 0.0909. The topological polar surface area (TPSA) is 69.8 Å². The van der Waals surface area contributed by atoms with Crippen LogP contribution in [0.1, 0.15) is 12.5 Å². The Morgan fingerprint density at radius 1 is 1.00 bits per heavy atom. The first-order valence-electron chi connectivity index (χ1n) is 8.92. The monoisotopic (exact) mass is 356 g/mol. The highest BCUT2D eigenvalue weighted by Crippen LogP contribution is 2.34. The van der Waals surface area contributed by atoms with Crippen LogP contribution in [0.3, 0.4) is 0 Å². The highest BCUT2D eigenvalue weighted by atomic mass is 16.2. The Balaban J connectivity index is 1.65. The average Bonchev–Trinajstić information content (AvgIpc) is 3.08. The molecule has 5 nitrogen and oxygen atoms in total. The van der Waals surface area contributed by atoms with Crippen LogP contribution in [0.4, 0.5) is 16.2 Å². The van der Waals surface area contributed by atoms with Gasteiger partial charge in [-0.05, 0) is 42.3 Å². The Morgan fingerprint density at radius 3 is 2.56 bits per heavy atom. The molecule has 2 aromatic carbocycles. The number of aromatic amines is 1.